The Labute approximate surface area is 117 Å². The van der Waals surface area contributed by atoms with Gasteiger partial charge in [-0.25, -0.2) is 8.78 Å². The third kappa shape index (κ3) is 3.21. The highest BCUT2D eigenvalue weighted by atomic mass is 35.5. The number of rotatable bonds is 3. The Hall–Kier alpha value is -1.66. The third-order valence-electron chi connectivity index (χ3n) is 2.39. The summed E-state index contributed by atoms with van der Waals surface area (Å²) >= 11 is 7.07. The highest BCUT2D eigenvalue weighted by Crippen LogP contribution is 2.21. The van der Waals surface area contributed by atoms with Crippen molar-refractivity contribution in [2.45, 2.75) is 6.54 Å². The molecule has 0 aliphatic heterocycles. The number of nitrogens with one attached hydrogen (secondary N) is 1. The van der Waals surface area contributed by atoms with Crippen LogP contribution in [-0.2, 0) is 6.54 Å². The van der Waals surface area contributed by atoms with Crippen LogP contribution in [0.1, 0.15) is 15.2 Å². The predicted octanol–water partition coefficient (Wildman–Crippen LogP) is 3.19. The first-order valence-electron chi connectivity index (χ1n) is 5.24. The first-order valence-corrected chi connectivity index (χ1v) is 6.43. The molecule has 1 amide bonds. The fourth-order valence-corrected chi connectivity index (χ4v) is 2.50. The van der Waals surface area contributed by atoms with Gasteiger partial charge >= 0.3 is 0 Å². The molecule has 7 heteroatoms. The lowest BCUT2D eigenvalue weighted by molar-refractivity contribution is 0.0951. The third-order valence-corrected chi connectivity index (χ3v) is 3.62. The zero-order valence-corrected chi connectivity index (χ0v) is 11.1. The van der Waals surface area contributed by atoms with Crippen molar-refractivity contribution in [1.29, 1.82) is 0 Å². The van der Waals surface area contributed by atoms with E-state index in [4.69, 9.17) is 17.3 Å². The number of amides is 1. The SMILES string of the molecule is Nc1cc(F)c(F)cc1C(=O)NCc1ccc(Cl)s1. The largest absolute Gasteiger partial charge is 0.398 e. The molecule has 2 aromatic rings. The normalized spacial score (nSPS) is 10.5. The molecule has 0 aliphatic rings. The second kappa shape index (κ2) is 5.54. The summed E-state index contributed by atoms with van der Waals surface area (Å²) in [5, 5.41) is 2.56. The number of benzene rings is 1. The van der Waals surface area contributed by atoms with Crippen LogP contribution in [0.4, 0.5) is 14.5 Å². The van der Waals surface area contributed by atoms with Crippen molar-refractivity contribution >= 4 is 34.5 Å². The van der Waals surface area contributed by atoms with E-state index in [2.05, 4.69) is 5.32 Å². The number of thiophene rings is 1. The Bertz CT molecular complexity index is 630. The van der Waals surface area contributed by atoms with Crippen molar-refractivity contribution in [3.05, 3.63) is 50.7 Å². The minimum atomic E-state index is -1.11. The van der Waals surface area contributed by atoms with Crippen LogP contribution < -0.4 is 11.1 Å². The van der Waals surface area contributed by atoms with Crippen LogP contribution in [0.25, 0.3) is 0 Å². The molecule has 0 radical (unpaired) electrons. The van der Waals surface area contributed by atoms with Gasteiger partial charge in [0.2, 0.25) is 0 Å². The second-order valence-corrected chi connectivity index (χ2v) is 5.54. The van der Waals surface area contributed by atoms with Crippen molar-refractivity contribution in [2.75, 3.05) is 5.73 Å². The van der Waals surface area contributed by atoms with Gasteiger partial charge in [-0.2, -0.15) is 0 Å². The summed E-state index contributed by atoms with van der Waals surface area (Å²) in [4.78, 5) is 12.6. The number of carbonyl (C=O) groups excluding carboxylic acids is 1. The Balaban J connectivity index is 2.10. The molecule has 0 fully saturated rings. The summed E-state index contributed by atoms with van der Waals surface area (Å²) in [6, 6.07) is 5.04. The maximum Gasteiger partial charge on any atom is 0.253 e. The molecule has 19 heavy (non-hydrogen) atoms. The van der Waals surface area contributed by atoms with Gasteiger partial charge in [0.05, 0.1) is 16.4 Å². The average molecular weight is 303 g/mol. The van der Waals surface area contributed by atoms with Gasteiger partial charge in [-0.1, -0.05) is 11.6 Å². The molecule has 1 aromatic carbocycles. The Morgan fingerprint density at radius 1 is 1.32 bits per heavy atom. The summed E-state index contributed by atoms with van der Waals surface area (Å²) in [5.74, 6) is -2.77. The summed E-state index contributed by atoms with van der Waals surface area (Å²) < 4.78 is 26.5. The van der Waals surface area contributed by atoms with Gasteiger partial charge in [-0.05, 0) is 18.2 Å². The molecule has 1 aromatic heterocycles. The van der Waals surface area contributed by atoms with Crippen molar-refractivity contribution in [3.8, 4) is 0 Å². The zero-order chi connectivity index (χ0) is 14.0. The summed E-state index contributed by atoms with van der Waals surface area (Å²) in [6.45, 7) is 0.245. The van der Waals surface area contributed by atoms with Crippen LogP contribution in [0.5, 0.6) is 0 Å². The molecule has 0 saturated heterocycles. The molecule has 0 spiro atoms. The molecule has 0 atom stereocenters. The van der Waals surface area contributed by atoms with Gasteiger partial charge in [0.15, 0.2) is 11.6 Å². The van der Waals surface area contributed by atoms with E-state index in [1.165, 1.54) is 11.3 Å². The Kier molecular flexibility index (Phi) is 4.01. The van der Waals surface area contributed by atoms with Crippen LogP contribution in [0, 0.1) is 11.6 Å². The highest BCUT2D eigenvalue weighted by molar-refractivity contribution is 7.16. The number of anilines is 1. The average Bonchev–Trinajstić information content (AvgIpc) is 2.77. The molecule has 0 bridgehead atoms. The molecule has 3 nitrogen and oxygen atoms in total. The highest BCUT2D eigenvalue weighted by Gasteiger charge is 2.14. The van der Waals surface area contributed by atoms with E-state index in [1.807, 2.05) is 0 Å². The summed E-state index contributed by atoms with van der Waals surface area (Å²) in [6.07, 6.45) is 0. The van der Waals surface area contributed by atoms with Crippen molar-refractivity contribution < 1.29 is 13.6 Å². The van der Waals surface area contributed by atoms with Gasteiger partial charge in [0.1, 0.15) is 0 Å². The van der Waals surface area contributed by atoms with E-state index in [1.54, 1.807) is 12.1 Å². The summed E-state index contributed by atoms with van der Waals surface area (Å²) in [7, 11) is 0. The minimum absolute atomic E-state index is 0.0958. The predicted molar refractivity (Wildman–Crippen MR) is 71.3 cm³/mol. The molecule has 0 saturated carbocycles. The van der Waals surface area contributed by atoms with Crippen LogP contribution in [0.15, 0.2) is 24.3 Å². The van der Waals surface area contributed by atoms with E-state index in [-0.39, 0.29) is 17.8 Å². The van der Waals surface area contributed by atoms with Crippen molar-refractivity contribution in [2.24, 2.45) is 0 Å². The number of nitrogen functional groups attached to an aromatic ring is 1. The molecule has 100 valence electrons. The quantitative estimate of drug-likeness (QED) is 0.856. The van der Waals surface area contributed by atoms with Gasteiger partial charge in [0, 0.05) is 16.6 Å². The zero-order valence-electron chi connectivity index (χ0n) is 9.54. The van der Waals surface area contributed by atoms with E-state index in [0.29, 0.717) is 4.34 Å². The van der Waals surface area contributed by atoms with Crippen molar-refractivity contribution in [3.63, 3.8) is 0 Å². The fourth-order valence-electron chi connectivity index (χ4n) is 1.47. The molecule has 2 rings (SSSR count). The number of hydrogen-bond acceptors (Lipinski definition) is 3. The first-order chi connectivity index (χ1) is 8.97. The van der Waals surface area contributed by atoms with E-state index < -0.39 is 17.5 Å². The lowest BCUT2D eigenvalue weighted by Crippen LogP contribution is -2.23. The topological polar surface area (TPSA) is 55.1 Å². The monoisotopic (exact) mass is 302 g/mol. The Morgan fingerprint density at radius 2 is 2.00 bits per heavy atom. The second-order valence-electron chi connectivity index (χ2n) is 3.74. The van der Waals surface area contributed by atoms with Gasteiger partial charge in [-0.15, -0.1) is 11.3 Å². The molecule has 1 heterocycles. The van der Waals surface area contributed by atoms with E-state index in [0.717, 1.165) is 17.0 Å². The standard InChI is InChI=1S/C12H9ClF2N2OS/c13-11-2-1-6(19-11)5-17-12(18)7-3-8(14)9(15)4-10(7)16/h1-4H,5,16H2,(H,17,18). The van der Waals surface area contributed by atoms with Crippen LogP contribution in [0.2, 0.25) is 4.34 Å². The van der Waals surface area contributed by atoms with Crippen LogP contribution in [-0.4, -0.2) is 5.91 Å². The Morgan fingerprint density at radius 3 is 2.63 bits per heavy atom. The van der Waals surface area contributed by atoms with Gasteiger partial charge in [-0.3, -0.25) is 4.79 Å². The lowest BCUT2D eigenvalue weighted by atomic mass is 10.1. The molecule has 0 unspecified atom stereocenters. The van der Waals surface area contributed by atoms with Crippen LogP contribution >= 0.6 is 22.9 Å². The molecule has 0 aliphatic carbocycles. The smallest absolute Gasteiger partial charge is 0.253 e. The molecular weight excluding hydrogens is 294 g/mol. The lowest BCUT2D eigenvalue weighted by Gasteiger charge is -2.07. The summed E-state index contributed by atoms with van der Waals surface area (Å²) in [5.41, 5.74) is 5.27. The van der Waals surface area contributed by atoms with Crippen molar-refractivity contribution in [1.82, 2.24) is 5.32 Å². The number of hydrogen-bond donors (Lipinski definition) is 2. The molecule has 3 N–H and O–H groups in total. The maximum atomic E-state index is 13.1. The minimum Gasteiger partial charge on any atom is -0.398 e. The van der Waals surface area contributed by atoms with E-state index in [9.17, 15) is 13.6 Å². The maximum absolute atomic E-state index is 13.1. The van der Waals surface area contributed by atoms with Crippen LogP contribution in [0.3, 0.4) is 0 Å². The van der Waals surface area contributed by atoms with Gasteiger partial charge in [0.25, 0.3) is 5.91 Å². The fraction of sp³-hybridized carbons (Fsp3) is 0.0833. The van der Waals surface area contributed by atoms with E-state index >= 15 is 0 Å². The first kappa shape index (κ1) is 13.8. The number of halogens is 3. The number of nitrogens with two attached hydrogens (primary N) is 1. The van der Waals surface area contributed by atoms with Gasteiger partial charge < -0.3 is 11.1 Å². The molecular formula is C12H9ClF2N2OS. The number of carbonyl (C=O) groups is 1.